The van der Waals surface area contributed by atoms with Crippen LogP contribution in [0.15, 0.2) is 39.8 Å². The average Bonchev–Trinajstić information content (AvgIpc) is 3.07. The molecule has 0 fully saturated rings. The number of aromatic nitrogens is 2. The van der Waals surface area contributed by atoms with Crippen molar-refractivity contribution in [2.75, 3.05) is 26.7 Å². The van der Waals surface area contributed by atoms with Crippen LogP contribution in [0.25, 0.3) is 0 Å². The number of hydrogen-bond donors (Lipinski definition) is 2. The summed E-state index contributed by atoms with van der Waals surface area (Å²) in [5, 5.41) is 10.4. The van der Waals surface area contributed by atoms with Crippen molar-refractivity contribution in [1.82, 2.24) is 25.7 Å². The van der Waals surface area contributed by atoms with Gasteiger partial charge in [-0.25, -0.2) is 0 Å². The van der Waals surface area contributed by atoms with Gasteiger partial charge in [-0.2, -0.15) is 4.98 Å². The molecule has 0 saturated heterocycles. The summed E-state index contributed by atoms with van der Waals surface area (Å²) in [6.45, 7) is 9.36. The molecule has 0 saturated carbocycles. The second-order valence-electron chi connectivity index (χ2n) is 5.69. The summed E-state index contributed by atoms with van der Waals surface area (Å²) in [6.07, 6.45) is 0. The first-order chi connectivity index (χ1) is 12.2. The van der Waals surface area contributed by atoms with Crippen LogP contribution in [-0.2, 0) is 6.54 Å². The molecule has 0 amide bonds. The van der Waals surface area contributed by atoms with Gasteiger partial charge in [-0.1, -0.05) is 49.3 Å². The zero-order chi connectivity index (χ0) is 18.1. The summed E-state index contributed by atoms with van der Waals surface area (Å²) in [7, 11) is 1.75. The highest BCUT2D eigenvalue weighted by Gasteiger charge is 2.18. The van der Waals surface area contributed by atoms with Gasteiger partial charge >= 0.3 is 0 Å². The van der Waals surface area contributed by atoms with Gasteiger partial charge in [0.15, 0.2) is 11.8 Å². The highest BCUT2D eigenvalue weighted by molar-refractivity contribution is 14.0. The van der Waals surface area contributed by atoms with Gasteiger partial charge in [0.05, 0.1) is 12.6 Å². The van der Waals surface area contributed by atoms with Crippen LogP contribution in [0.4, 0.5) is 0 Å². The van der Waals surface area contributed by atoms with Crippen LogP contribution in [-0.4, -0.2) is 47.7 Å². The molecular formula is C18H29IN6O. The van der Waals surface area contributed by atoms with E-state index in [-0.39, 0.29) is 30.0 Å². The summed E-state index contributed by atoms with van der Waals surface area (Å²) in [4.78, 5) is 10.9. The van der Waals surface area contributed by atoms with Crippen LogP contribution in [0.1, 0.15) is 37.2 Å². The van der Waals surface area contributed by atoms with Crippen LogP contribution < -0.4 is 10.6 Å². The summed E-state index contributed by atoms with van der Waals surface area (Å²) < 4.78 is 5.11. The fourth-order valence-electron chi connectivity index (χ4n) is 2.78. The molecule has 26 heavy (non-hydrogen) atoms. The molecule has 1 atom stereocenters. The predicted molar refractivity (Wildman–Crippen MR) is 115 cm³/mol. The lowest BCUT2D eigenvalue weighted by Crippen LogP contribution is -2.43. The van der Waals surface area contributed by atoms with E-state index in [1.165, 1.54) is 5.56 Å². The number of likely N-dealkylation sites (N-methyl/N-ethyl adjacent to an activating group) is 1. The zero-order valence-corrected chi connectivity index (χ0v) is 18.2. The van der Waals surface area contributed by atoms with E-state index in [1.807, 2.05) is 6.07 Å². The van der Waals surface area contributed by atoms with Gasteiger partial charge in [-0.15, -0.1) is 24.0 Å². The average molecular weight is 472 g/mol. The standard InChI is InChI=1S/C18H28N6O.HI/c1-5-24(6-2)16(15-10-8-7-9-11-15)12-20-18(19-4)21-13-17-22-14(3)23-25-17;/h7-11,16H,5-6,12-13H2,1-4H3,(H2,19,20,21);1H. The van der Waals surface area contributed by atoms with E-state index < -0.39 is 0 Å². The lowest BCUT2D eigenvalue weighted by atomic mass is 10.1. The lowest BCUT2D eigenvalue weighted by Gasteiger charge is -2.30. The maximum Gasteiger partial charge on any atom is 0.246 e. The molecule has 1 unspecified atom stereocenters. The van der Waals surface area contributed by atoms with Crippen molar-refractivity contribution < 1.29 is 4.52 Å². The van der Waals surface area contributed by atoms with Crippen LogP contribution in [0, 0.1) is 6.92 Å². The van der Waals surface area contributed by atoms with Crippen LogP contribution in [0.3, 0.4) is 0 Å². The van der Waals surface area contributed by atoms with Crippen LogP contribution in [0.5, 0.6) is 0 Å². The van der Waals surface area contributed by atoms with E-state index in [2.05, 4.69) is 68.8 Å². The minimum atomic E-state index is 0. The minimum absolute atomic E-state index is 0. The third-order valence-electron chi connectivity index (χ3n) is 4.10. The van der Waals surface area contributed by atoms with Gasteiger partial charge in [0, 0.05) is 13.6 Å². The zero-order valence-electron chi connectivity index (χ0n) is 15.9. The molecule has 0 aliphatic rings. The number of hydrogen-bond acceptors (Lipinski definition) is 5. The summed E-state index contributed by atoms with van der Waals surface area (Å²) in [5.41, 5.74) is 1.29. The largest absolute Gasteiger partial charge is 0.354 e. The number of benzene rings is 1. The highest BCUT2D eigenvalue weighted by Crippen LogP contribution is 2.19. The molecule has 0 aliphatic carbocycles. The van der Waals surface area contributed by atoms with E-state index in [0.29, 0.717) is 24.2 Å². The van der Waals surface area contributed by atoms with E-state index in [4.69, 9.17) is 4.52 Å². The molecule has 0 radical (unpaired) electrons. The molecule has 1 heterocycles. The van der Waals surface area contributed by atoms with Gasteiger partial charge < -0.3 is 15.2 Å². The number of nitrogens with zero attached hydrogens (tertiary/aromatic N) is 4. The van der Waals surface area contributed by atoms with Crippen LogP contribution >= 0.6 is 24.0 Å². The lowest BCUT2D eigenvalue weighted by molar-refractivity contribution is 0.219. The van der Waals surface area contributed by atoms with Crippen molar-refractivity contribution in [3.8, 4) is 0 Å². The first-order valence-electron chi connectivity index (χ1n) is 8.70. The fourth-order valence-corrected chi connectivity index (χ4v) is 2.78. The van der Waals surface area contributed by atoms with Gasteiger partial charge in [0.2, 0.25) is 5.89 Å². The third kappa shape index (κ3) is 6.56. The number of nitrogens with one attached hydrogen (secondary N) is 2. The topological polar surface area (TPSA) is 78.6 Å². The molecule has 1 aromatic heterocycles. The van der Waals surface area contributed by atoms with Crippen molar-refractivity contribution >= 4 is 29.9 Å². The first-order valence-corrected chi connectivity index (χ1v) is 8.70. The smallest absolute Gasteiger partial charge is 0.246 e. The predicted octanol–water partition coefficient (Wildman–Crippen LogP) is 2.74. The second-order valence-corrected chi connectivity index (χ2v) is 5.69. The van der Waals surface area contributed by atoms with E-state index in [1.54, 1.807) is 14.0 Å². The monoisotopic (exact) mass is 472 g/mol. The Morgan fingerprint density at radius 2 is 1.88 bits per heavy atom. The SMILES string of the molecule is CCN(CC)C(CNC(=NC)NCc1nc(C)no1)c1ccccc1.I. The number of guanidine groups is 1. The Hall–Kier alpha value is -1.68. The molecule has 0 spiro atoms. The van der Waals surface area contributed by atoms with E-state index >= 15 is 0 Å². The van der Waals surface area contributed by atoms with Crippen LogP contribution in [0.2, 0.25) is 0 Å². The summed E-state index contributed by atoms with van der Waals surface area (Å²) in [5.74, 6) is 1.89. The number of aryl methyl sites for hydroxylation is 1. The molecule has 8 heteroatoms. The normalized spacial score (nSPS) is 12.6. The Kier molecular flexibility index (Phi) is 10.2. The molecule has 0 bridgehead atoms. The summed E-state index contributed by atoms with van der Waals surface area (Å²) >= 11 is 0. The van der Waals surface area contributed by atoms with Crippen molar-refractivity contribution in [1.29, 1.82) is 0 Å². The quantitative estimate of drug-likeness (QED) is 0.350. The Morgan fingerprint density at radius 3 is 2.42 bits per heavy atom. The van der Waals surface area contributed by atoms with Crippen molar-refractivity contribution in [3.63, 3.8) is 0 Å². The molecule has 7 nitrogen and oxygen atoms in total. The number of halogens is 1. The Bertz CT molecular complexity index is 657. The van der Waals surface area contributed by atoms with Gasteiger partial charge in [0.1, 0.15) is 0 Å². The Morgan fingerprint density at radius 1 is 1.19 bits per heavy atom. The molecule has 0 aliphatic heterocycles. The van der Waals surface area contributed by atoms with Gasteiger partial charge in [0.25, 0.3) is 0 Å². The number of aliphatic imine (C=N–C) groups is 1. The maximum atomic E-state index is 5.11. The molecule has 2 rings (SSSR count). The molecule has 1 aromatic carbocycles. The van der Waals surface area contributed by atoms with Crippen molar-refractivity contribution in [3.05, 3.63) is 47.6 Å². The fraction of sp³-hybridized carbons (Fsp3) is 0.500. The maximum absolute atomic E-state index is 5.11. The van der Waals surface area contributed by atoms with Crippen molar-refractivity contribution in [2.24, 2.45) is 4.99 Å². The third-order valence-corrected chi connectivity index (χ3v) is 4.10. The second kappa shape index (κ2) is 11.8. The van der Waals surface area contributed by atoms with E-state index in [0.717, 1.165) is 19.6 Å². The number of rotatable bonds is 8. The molecule has 2 N–H and O–H groups in total. The van der Waals surface area contributed by atoms with Crippen molar-refractivity contribution in [2.45, 2.75) is 33.4 Å². The summed E-state index contributed by atoms with van der Waals surface area (Å²) in [6, 6.07) is 10.8. The van der Waals surface area contributed by atoms with Gasteiger partial charge in [-0.05, 0) is 25.6 Å². The highest BCUT2D eigenvalue weighted by atomic mass is 127. The molecule has 2 aromatic rings. The Balaban J connectivity index is 0.00000338. The van der Waals surface area contributed by atoms with E-state index in [9.17, 15) is 0 Å². The first kappa shape index (κ1) is 22.4. The van der Waals surface area contributed by atoms with Gasteiger partial charge in [-0.3, -0.25) is 9.89 Å². The Labute approximate surface area is 172 Å². The molecule has 144 valence electrons. The molecular weight excluding hydrogens is 443 g/mol. The minimum Gasteiger partial charge on any atom is -0.354 e.